The van der Waals surface area contributed by atoms with Gasteiger partial charge in [-0.2, -0.15) is 0 Å². The van der Waals surface area contributed by atoms with Crippen LogP contribution in [0.2, 0.25) is 10.0 Å². The van der Waals surface area contributed by atoms with Crippen LogP contribution in [-0.2, 0) is 10.8 Å². The van der Waals surface area contributed by atoms with Crippen molar-refractivity contribution in [1.29, 1.82) is 0 Å². The Bertz CT molecular complexity index is 664. The second-order valence-corrected chi connectivity index (χ2v) is 6.74. The van der Waals surface area contributed by atoms with Crippen molar-refractivity contribution >= 4 is 34.0 Å². The highest BCUT2D eigenvalue weighted by atomic mass is 35.5. The molecule has 2 atom stereocenters. The topological polar surface area (TPSA) is 52.3 Å². The van der Waals surface area contributed by atoms with E-state index in [0.29, 0.717) is 20.7 Å². The minimum atomic E-state index is -1.34. The van der Waals surface area contributed by atoms with Gasteiger partial charge >= 0.3 is 0 Å². The van der Waals surface area contributed by atoms with Crippen molar-refractivity contribution in [3.63, 3.8) is 0 Å². The first kappa shape index (κ1) is 16.3. The first-order valence-electron chi connectivity index (χ1n) is 6.25. The molecule has 6 heteroatoms. The molecule has 0 radical (unpaired) electrons. The van der Waals surface area contributed by atoms with E-state index < -0.39 is 16.8 Å². The van der Waals surface area contributed by atoms with E-state index in [1.54, 1.807) is 25.3 Å². The largest absolute Gasteiger partial charge is 0.496 e. The highest BCUT2D eigenvalue weighted by Gasteiger charge is 2.17. The number of benzene rings is 2. The van der Waals surface area contributed by atoms with Gasteiger partial charge < -0.3 is 10.5 Å². The van der Waals surface area contributed by atoms with Crippen molar-refractivity contribution in [1.82, 2.24) is 0 Å². The molecule has 0 spiro atoms. The average molecular weight is 344 g/mol. The lowest BCUT2D eigenvalue weighted by Gasteiger charge is -2.15. The van der Waals surface area contributed by atoms with Crippen LogP contribution >= 0.6 is 23.2 Å². The Kier molecular flexibility index (Phi) is 5.65. The summed E-state index contributed by atoms with van der Waals surface area (Å²) in [5, 5.41) is 0.915. The molecule has 0 amide bonds. The molecule has 0 saturated carbocycles. The summed E-state index contributed by atoms with van der Waals surface area (Å²) in [6.45, 7) is 0. The third-order valence-corrected chi connectivity index (χ3v) is 5.17. The Balaban J connectivity index is 2.21. The van der Waals surface area contributed by atoms with Crippen LogP contribution in [0.25, 0.3) is 0 Å². The molecule has 2 aromatic rings. The molecule has 0 aliphatic rings. The van der Waals surface area contributed by atoms with Gasteiger partial charge in [-0.1, -0.05) is 41.4 Å². The summed E-state index contributed by atoms with van der Waals surface area (Å²) in [7, 11) is 0.237. The van der Waals surface area contributed by atoms with E-state index in [-0.39, 0.29) is 5.75 Å². The summed E-state index contributed by atoms with van der Waals surface area (Å²) >= 11 is 12.0. The molecule has 0 fully saturated rings. The number of methoxy groups -OCH3 is 1. The lowest BCUT2D eigenvalue weighted by Crippen LogP contribution is -2.19. The fraction of sp³-hybridized carbons (Fsp3) is 0.200. The first-order valence-corrected chi connectivity index (χ1v) is 8.32. The molecule has 2 aromatic carbocycles. The van der Waals surface area contributed by atoms with E-state index >= 15 is 0 Å². The molecule has 0 bridgehead atoms. The van der Waals surface area contributed by atoms with Gasteiger partial charge in [0.2, 0.25) is 0 Å². The number of hydrogen-bond donors (Lipinski definition) is 1. The van der Waals surface area contributed by atoms with E-state index in [2.05, 4.69) is 0 Å². The van der Waals surface area contributed by atoms with Gasteiger partial charge in [-0.25, -0.2) is 0 Å². The zero-order valence-electron chi connectivity index (χ0n) is 11.4. The molecule has 0 aromatic heterocycles. The van der Waals surface area contributed by atoms with Crippen LogP contribution < -0.4 is 10.5 Å². The van der Waals surface area contributed by atoms with Crippen LogP contribution in [-0.4, -0.2) is 17.1 Å². The summed E-state index contributed by atoms with van der Waals surface area (Å²) in [5.41, 5.74) is 6.96. The summed E-state index contributed by atoms with van der Waals surface area (Å²) in [6, 6.07) is 11.9. The molecular formula is C15H15Cl2NO2S. The Morgan fingerprint density at radius 2 is 1.95 bits per heavy atom. The van der Waals surface area contributed by atoms with Gasteiger partial charge in [0.25, 0.3) is 0 Å². The smallest absolute Gasteiger partial charge is 0.123 e. The number of para-hydroxylation sites is 1. The van der Waals surface area contributed by atoms with Crippen molar-refractivity contribution in [3.8, 4) is 5.75 Å². The molecule has 0 aliphatic carbocycles. The standard InChI is InChI=1S/C15H15Cl2NO2S/c1-20-14-5-3-2-4-11(14)13(18)9-21(19)15-8-10(16)6-7-12(15)17/h2-8,13H,9,18H2,1H3. The lowest BCUT2D eigenvalue weighted by molar-refractivity contribution is 0.407. The van der Waals surface area contributed by atoms with Gasteiger partial charge in [-0.3, -0.25) is 4.21 Å². The van der Waals surface area contributed by atoms with Gasteiger partial charge in [0.15, 0.2) is 0 Å². The van der Waals surface area contributed by atoms with Crippen LogP contribution in [0.15, 0.2) is 47.4 Å². The molecule has 0 aliphatic heterocycles. The molecule has 112 valence electrons. The maximum Gasteiger partial charge on any atom is 0.123 e. The van der Waals surface area contributed by atoms with E-state index in [0.717, 1.165) is 5.56 Å². The quantitative estimate of drug-likeness (QED) is 0.897. The van der Waals surface area contributed by atoms with Crippen molar-refractivity contribution < 1.29 is 8.95 Å². The zero-order chi connectivity index (χ0) is 15.4. The number of rotatable bonds is 5. The van der Waals surface area contributed by atoms with Crippen LogP contribution in [0.5, 0.6) is 5.75 Å². The predicted molar refractivity (Wildman–Crippen MR) is 87.7 cm³/mol. The minimum absolute atomic E-state index is 0.237. The fourth-order valence-electron chi connectivity index (χ4n) is 1.97. The molecule has 2 unspecified atom stereocenters. The SMILES string of the molecule is COc1ccccc1C(N)CS(=O)c1cc(Cl)ccc1Cl. The van der Waals surface area contributed by atoms with E-state index in [1.807, 2.05) is 24.3 Å². The average Bonchev–Trinajstić information content (AvgIpc) is 2.49. The Labute approximate surface area is 136 Å². The lowest BCUT2D eigenvalue weighted by atomic mass is 10.1. The third kappa shape index (κ3) is 3.98. The van der Waals surface area contributed by atoms with Crippen LogP contribution in [0, 0.1) is 0 Å². The maximum atomic E-state index is 12.4. The van der Waals surface area contributed by atoms with Crippen LogP contribution in [0.4, 0.5) is 0 Å². The van der Waals surface area contributed by atoms with Crippen molar-refractivity contribution in [2.45, 2.75) is 10.9 Å². The van der Waals surface area contributed by atoms with Crippen LogP contribution in [0.3, 0.4) is 0 Å². The van der Waals surface area contributed by atoms with E-state index in [1.165, 1.54) is 0 Å². The van der Waals surface area contributed by atoms with Gasteiger partial charge in [-0.05, 0) is 24.3 Å². The summed E-state index contributed by atoms with van der Waals surface area (Å²) < 4.78 is 17.7. The molecule has 0 saturated heterocycles. The predicted octanol–water partition coefficient (Wildman–Crippen LogP) is 3.81. The third-order valence-electron chi connectivity index (χ3n) is 3.01. The van der Waals surface area contributed by atoms with Crippen molar-refractivity contribution in [3.05, 3.63) is 58.1 Å². The second-order valence-electron chi connectivity index (χ2n) is 4.44. The van der Waals surface area contributed by atoms with Gasteiger partial charge in [0.05, 0.1) is 27.8 Å². The number of halogens is 2. The number of ether oxygens (including phenoxy) is 1. The second kappa shape index (κ2) is 7.27. The van der Waals surface area contributed by atoms with Gasteiger partial charge in [0.1, 0.15) is 5.75 Å². The number of hydrogen-bond acceptors (Lipinski definition) is 3. The number of nitrogens with two attached hydrogens (primary N) is 1. The summed E-state index contributed by atoms with van der Waals surface area (Å²) in [6.07, 6.45) is 0. The molecular weight excluding hydrogens is 329 g/mol. The van der Waals surface area contributed by atoms with E-state index in [9.17, 15) is 4.21 Å². The van der Waals surface area contributed by atoms with E-state index in [4.69, 9.17) is 33.7 Å². The molecule has 3 nitrogen and oxygen atoms in total. The molecule has 0 heterocycles. The molecule has 21 heavy (non-hydrogen) atoms. The monoisotopic (exact) mass is 343 g/mol. The fourth-order valence-corrected chi connectivity index (χ4v) is 3.81. The van der Waals surface area contributed by atoms with Gasteiger partial charge in [-0.15, -0.1) is 0 Å². The minimum Gasteiger partial charge on any atom is -0.496 e. The summed E-state index contributed by atoms with van der Waals surface area (Å²) in [4.78, 5) is 0.495. The Morgan fingerprint density at radius 1 is 1.24 bits per heavy atom. The van der Waals surface area contributed by atoms with Crippen LogP contribution in [0.1, 0.15) is 11.6 Å². The Morgan fingerprint density at radius 3 is 2.67 bits per heavy atom. The highest BCUT2D eigenvalue weighted by molar-refractivity contribution is 7.85. The highest BCUT2D eigenvalue weighted by Crippen LogP contribution is 2.28. The molecule has 2 rings (SSSR count). The normalized spacial score (nSPS) is 13.7. The first-order chi connectivity index (χ1) is 10.0. The Hall–Kier alpha value is -1.07. The van der Waals surface area contributed by atoms with Crippen molar-refractivity contribution in [2.24, 2.45) is 5.73 Å². The zero-order valence-corrected chi connectivity index (χ0v) is 13.7. The maximum absolute atomic E-state index is 12.4. The van der Waals surface area contributed by atoms with Gasteiger partial charge in [0, 0.05) is 22.4 Å². The summed E-state index contributed by atoms with van der Waals surface area (Å²) in [5.74, 6) is 0.916. The van der Waals surface area contributed by atoms with Crippen molar-refractivity contribution in [2.75, 3.05) is 12.9 Å². The molecule has 2 N–H and O–H groups in total.